The molecule has 128 valence electrons. The van der Waals surface area contributed by atoms with Crippen LogP contribution in [0.15, 0.2) is 48.5 Å². The maximum absolute atomic E-state index is 11.9. The van der Waals surface area contributed by atoms with Crippen molar-refractivity contribution in [2.45, 2.75) is 12.8 Å². The Morgan fingerprint density at radius 2 is 1.92 bits per heavy atom. The van der Waals surface area contributed by atoms with Gasteiger partial charge in [-0.1, -0.05) is 18.2 Å². The van der Waals surface area contributed by atoms with Crippen LogP contribution in [-0.2, 0) is 0 Å². The summed E-state index contributed by atoms with van der Waals surface area (Å²) in [6.45, 7) is 3.28. The molecule has 24 heavy (non-hydrogen) atoms. The molecular weight excluding hydrogens is 309 g/mol. The Balaban J connectivity index is 0.000000203. The molecule has 0 aromatic heterocycles. The summed E-state index contributed by atoms with van der Waals surface area (Å²) < 4.78 is 28.3. The van der Waals surface area contributed by atoms with Gasteiger partial charge in [-0.25, -0.2) is 4.39 Å². The Kier molecular flexibility index (Phi) is 5.90. The Morgan fingerprint density at radius 1 is 1.08 bits per heavy atom. The highest BCUT2D eigenvalue weighted by Gasteiger charge is 2.16. The van der Waals surface area contributed by atoms with E-state index in [1.807, 2.05) is 18.2 Å². The van der Waals surface area contributed by atoms with Crippen molar-refractivity contribution in [1.29, 1.82) is 0 Å². The number of piperidine rings is 1. The number of halogens is 1. The molecule has 2 aromatic rings. The van der Waals surface area contributed by atoms with Gasteiger partial charge in [0.25, 0.3) is 0 Å². The van der Waals surface area contributed by atoms with Gasteiger partial charge < -0.3 is 19.5 Å². The van der Waals surface area contributed by atoms with Gasteiger partial charge in [0, 0.05) is 18.5 Å². The zero-order chi connectivity index (χ0) is 16.6. The maximum atomic E-state index is 11.9. The van der Waals surface area contributed by atoms with E-state index in [4.69, 9.17) is 14.2 Å². The first-order chi connectivity index (χ1) is 11.8. The van der Waals surface area contributed by atoms with Gasteiger partial charge in [-0.05, 0) is 43.7 Å². The second-order valence-electron chi connectivity index (χ2n) is 5.83. The van der Waals surface area contributed by atoms with Crippen LogP contribution < -0.4 is 19.5 Å². The predicted molar refractivity (Wildman–Crippen MR) is 90.1 cm³/mol. The summed E-state index contributed by atoms with van der Waals surface area (Å²) in [7, 11) is 0. The molecule has 0 radical (unpaired) electrons. The van der Waals surface area contributed by atoms with Crippen molar-refractivity contribution in [3.63, 3.8) is 0 Å². The maximum Gasteiger partial charge on any atom is 0.231 e. The van der Waals surface area contributed by atoms with Gasteiger partial charge >= 0.3 is 0 Å². The minimum atomic E-state index is -0.178. The molecule has 0 spiro atoms. The zero-order valence-electron chi connectivity index (χ0n) is 13.5. The van der Waals surface area contributed by atoms with Crippen LogP contribution in [0.5, 0.6) is 17.2 Å². The topological polar surface area (TPSA) is 39.7 Å². The van der Waals surface area contributed by atoms with Crippen LogP contribution in [0.4, 0.5) is 4.39 Å². The molecule has 2 aromatic carbocycles. The Bertz CT molecular complexity index is 630. The van der Waals surface area contributed by atoms with Crippen LogP contribution in [0, 0.1) is 11.7 Å². The summed E-state index contributed by atoms with van der Waals surface area (Å²) in [6, 6.07) is 13.7. The fourth-order valence-electron chi connectivity index (χ4n) is 2.66. The monoisotopic (exact) mass is 331 g/mol. The molecule has 2 heterocycles. The molecule has 0 saturated carbocycles. The van der Waals surface area contributed by atoms with Crippen molar-refractivity contribution >= 4 is 0 Å². The van der Waals surface area contributed by atoms with E-state index in [0.717, 1.165) is 36.9 Å². The average Bonchev–Trinajstić information content (AvgIpc) is 3.10. The van der Waals surface area contributed by atoms with Crippen molar-refractivity contribution in [2.75, 3.05) is 26.5 Å². The summed E-state index contributed by atoms with van der Waals surface area (Å²) >= 11 is 0. The van der Waals surface area contributed by atoms with E-state index in [1.165, 1.54) is 25.0 Å². The molecule has 0 aliphatic carbocycles. The lowest BCUT2D eigenvalue weighted by Gasteiger charge is -2.22. The van der Waals surface area contributed by atoms with E-state index < -0.39 is 0 Å². The van der Waals surface area contributed by atoms with Gasteiger partial charge in [0.2, 0.25) is 6.79 Å². The van der Waals surface area contributed by atoms with Gasteiger partial charge in [0.15, 0.2) is 11.5 Å². The predicted octanol–water partition coefficient (Wildman–Crippen LogP) is 3.62. The largest absolute Gasteiger partial charge is 0.493 e. The summed E-state index contributed by atoms with van der Waals surface area (Å²) in [5.41, 5.74) is 0. The van der Waals surface area contributed by atoms with Crippen molar-refractivity contribution in [3.8, 4) is 17.2 Å². The van der Waals surface area contributed by atoms with Crippen LogP contribution in [0.1, 0.15) is 12.8 Å². The normalized spacial score (nSPS) is 18.5. The molecule has 1 atom stereocenters. The van der Waals surface area contributed by atoms with E-state index in [9.17, 15) is 4.39 Å². The molecule has 0 unspecified atom stereocenters. The number of hydrogen-bond acceptors (Lipinski definition) is 4. The molecule has 2 aliphatic rings. The van der Waals surface area contributed by atoms with Crippen molar-refractivity contribution < 1.29 is 18.6 Å². The molecule has 5 heteroatoms. The average molecular weight is 331 g/mol. The van der Waals surface area contributed by atoms with Gasteiger partial charge in [-0.3, -0.25) is 0 Å². The lowest BCUT2D eigenvalue weighted by atomic mass is 10.0. The smallest absolute Gasteiger partial charge is 0.231 e. The standard InChI is InChI=1S/C13H17NO3.C6H5F/c1-2-10(7-14-5-1)8-15-11-3-4-12-13(6-11)17-9-16-12;7-6-4-2-1-3-5-6/h3-4,6,10,14H,1-2,5,7-9H2;1-5H/t10-;/m0./s1. The lowest BCUT2D eigenvalue weighted by molar-refractivity contribution is 0.173. The van der Waals surface area contributed by atoms with Crippen LogP contribution in [0.3, 0.4) is 0 Å². The second-order valence-corrected chi connectivity index (χ2v) is 5.83. The number of hydrogen-bond donors (Lipinski definition) is 1. The number of nitrogens with one attached hydrogen (secondary N) is 1. The van der Waals surface area contributed by atoms with Crippen molar-refractivity contribution in [3.05, 3.63) is 54.3 Å². The quantitative estimate of drug-likeness (QED) is 0.932. The highest BCUT2D eigenvalue weighted by atomic mass is 19.1. The third kappa shape index (κ3) is 4.86. The number of ether oxygens (including phenoxy) is 3. The molecular formula is C19H22FNO3. The summed E-state index contributed by atoms with van der Waals surface area (Å²) in [6.07, 6.45) is 2.49. The molecule has 4 rings (SSSR count). The first-order valence-electron chi connectivity index (χ1n) is 8.25. The van der Waals surface area contributed by atoms with Crippen molar-refractivity contribution in [2.24, 2.45) is 5.92 Å². The van der Waals surface area contributed by atoms with Crippen LogP contribution in [0.25, 0.3) is 0 Å². The van der Waals surface area contributed by atoms with E-state index in [1.54, 1.807) is 18.2 Å². The number of rotatable bonds is 3. The van der Waals surface area contributed by atoms with Crippen LogP contribution in [-0.4, -0.2) is 26.5 Å². The summed E-state index contributed by atoms with van der Waals surface area (Å²) in [5.74, 6) is 2.89. The van der Waals surface area contributed by atoms with Crippen molar-refractivity contribution in [1.82, 2.24) is 5.32 Å². The van der Waals surface area contributed by atoms with Gasteiger partial charge in [-0.15, -0.1) is 0 Å². The van der Waals surface area contributed by atoms with Gasteiger partial charge in [-0.2, -0.15) is 0 Å². The molecule has 1 saturated heterocycles. The fourth-order valence-corrected chi connectivity index (χ4v) is 2.66. The summed E-state index contributed by atoms with van der Waals surface area (Å²) in [5, 5.41) is 3.39. The number of benzene rings is 2. The molecule has 1 fully saturated rings. The van der Waals surface area contributed by atoms with Crippen LogP contribution in [0.2, 0.25) is 0 Å². The lowest BCUT2D eigenvalue weighted by Crippen LogP contribution is -2.33. The minimum absolute atomic E-state index is 0.178. The molecule has 0 bridgehead atoms. The van der Waals surface area contributed by atoms with E-state index in [-0.39, 0.29) is 5.82 Å². The third-order valence-corrected chi connectivity index (χ3v) is 3.96. The Labute approximate surface area is 141 Å². The van der Waals surface area contributed by atoms with Crippen LogP contribution >= 0.6 is 0 Å². The first-order valence-corrected chi connectivity index (χ1v) is 8.25. The third-order valence-electron chi connectivity index (χ3n) is 3.96. The van der Waals surface area contributed by atoms with Gasteiger partial charge in [0.1, 0.15) is 11.6 Å². The first kappa shape index (κ1) is 16.6. The molecule has 1 N–H and O–H groups in total. The zero-order valence-corrected chi connectivity index (χ0v) is 13.5. The van der Waals surface area contributed by atoms with E-state index in [2.05, 4.69) is 5.32 Å². The Morgan fingerprint density at radius 3 is 2.62 bits per heavy atom. The molecule has 2 aliphatic heterocycles. The second kappa shape index (κ2) is 8.55. The minimum Gasteiger partial charge on any atom is -0.493 e. The fraction of sp³-hybridized carbons (Fsp3) is 0.368. The summed E-state index contributed by atoms with van der Waals surface area (Å²) in [4.78, 5) is 0. The highest BCUT2D eigenvalue weighted by Crippen LogP contribution is 2.35. The molecule has 4 nitrogen and oxygen atoms in total. The van der Waals surface area contributed by atoms with E-state index >= 15 is 0 Å². The highest BCUT2D eigenvalue weighted by molar-refractivity contribution is 5.46. The SMILES string of the molecule is Fc1ccccc1.c1cc2c(cc1OC[C@H]1CCCNC1)OCO2. The molecule has 0 amide bonds. The van der Waals surface area contributed by atoms with E-state index in [0.29, 0.717) is 12.7 Å². The Hall–Kier alpha value is -2.27. The number of fused-ring (bicyclic) bond motifs is 1. The van der Waals surface area contributed by atoms with Gasteiger partial charge in [0.05, 0.1) is 6.61 Å².